The molecule has 3 N–H and O–H groups in total. The fourth-order valence-corrected chi connectivity index (χ4v) is 7.19. The summed E-state index contributed by atoms with van der Waals surface area (Å²) in [4.78, 5) is 23.9. The molecule has 10 nitrogen and oxygen atoms in total. The highest BCUT2D eigenvalue weighted by Crippen LogP contribution is 2.39. The molecule has 0 saturated carbocycles. The number of aryl methyl sites for hydroxylation is 1. The zero-order valence-corrected chi connectivity index (χ0v) is 26.0. The van der Waals surface area contributed by atoms with Gasteiger partial charge in [-0.15, -0.1) is 21.5 Å². The Labute approximate surface area is 262 Å². The fraction of sp³-hybridized carbons (Fsp3) is 0.323. The van der Waals surface area contributed by atoms with Crippen molar-refractivity contribution < 1.29 is 19.0 Å². The van der Waals surface area contributed by atoms with Gasteiger partial charge in [-0.25, -0.2) is 19.2 Å². The molecule has 0 spiro atoms. The van der Waals surface area contributed by atoms with Gasteiger partial charge in [0, 0.05) is 22.5 Å². The predicted molar refractivity (Wildman–Crippen MR) is 172 cm³/mol. The Morgan fingerprint density at radius 1 is 1.14 bits per heavy atom. The van der Waals surface area contributed by atoms with Crippen molar-refractivity contribution in [2.45, 2.75) is 39.0 Å². The molecule has 0 saturated heterocycles. The third-order valence-corrected chi connectivity index (χ3v) is 9.58. The number of benzene rings is 2. The maximum Gasteiger partial charge on any atom is 0.355 e. The summed E-state index contributed by atoms with van der Waals surface area (Å²) in [5, 5.41) is 26.7. The van der Waals surface area contributed by atoms with Crippen molar-refractivity contribution in [3.63, 3.8) is 0 Å². The number of carboxylic acid groups (broad SMARTS) is 1. The van der Waals surface area contributed by atoms with Crippen LogP contribution in [-0.4, -0.2) is 58.0 Å². The number of likely N-dealkylation sites (N-methyl/N-ethyl adjacent to an activating group) is 1. The van der Waals surface area contributed by atoms with Gasteiger partial charge in [0.25, 0.3) is 0 Å². The molecule has 1 aliphatic rings. The summed E-state index contributed by atoms with van der Waals surface area (Å²) in [6, 6.07) is 13.0. The average molecular weight is 634 g/mol. The number of fused-ring (bicyclic) bond motifs is 2. The van der Waals surface area contributed by atoms with E-state index in [1.54, 1.807) is 17.4 Å². The Kier molecular flexibility index (Phi) is 8.96. The zero-order valence-electron chi connectivity index (χ0n) is 24.4. The van der Waals surface area contributed by atoms with Crippen LogP contribution in [0.5, 0.6) is 5.75 Å². The molecule has 0 radical (unpaired) electrons. The molecule has 0 fully saturated rings. The van der Waals surface area contributed by atoms with Gasteiger partial charge < -0.3 is 25.4 Å². The van der Waals surface area contributed by atoms with Gasteiger partial charge in [0.05, 0.1) is 16.8 Å². The molecular formula is C31H32FN7O3S2. The minimum absolute atomic E-state index is 0.0241. The molecule has 0 bridgehead atoms. The standard InChI is InChI=1S/C31H32FN7O3S2/c1-18-20-7-5-15-39(28(20)38-37-27(18)36-30-34-22-8-3-4-9-24(22)43-30)31-35-26(29(40)41)25(44-31)10-6-16-42-23-12-11-19(13-14-33-2)17-21(23)32/h3-4,8-9,11-12,17,33H,5-7,10,13-16H2,1-2H3,(H,40,41)(H,34,36,37). The Balaban J connectivity index is 1.15. The molecular weight excluding hydrogens is 602 g/mol. The molecule has 228 valence electrons. The first kappa shape index (κ1) is 29.9. The van der Waals surface area contributed by atoms with Crippen molar-refractivity contribution in [1.29, 1.82) is 0 Å². The van der Waals surface area contributed by atoms with Crippen LogP contribution in [-0.2, 0) is 19.3 Å². The van der Waals surface area contributed by atoms with Gasteiger partial charge in [0.2, 0.25) is 0 Å². The monoisotopic (exact) mass is 633 g/mol. The first-order valence-electron chi connectivity index (χ1n) is 14.5. The highest BCUT2D eigenvalue weighted by atomic mass is 32.1. The first-order chi connectivity index (χ1) is 21.4. The third kappa shape index (κ3) is 6.35. The van der Waals surface area contributed by atoms with Crippen LogP contribution in [0, 0.1) is 12.7 Å². The second-order valence-corrected chi connectivity index (χ2v) is 12.6. The number of anilines is 4. The Morgan fingerprint density at radius 2 is 2.00 bits per heavy atom. The van der Waals surface area contributed by atoms with Gasteiger partial charge in [-0.1, -0.05) is 29.5 Å². The lowest BCUT2D eigenvalue weighted by Gasteiger charge is -2.28. The van der Waals surface area contributed by atoms with E-state index in [0.717, 1.165) is 57.8 Å². The summed E-state index contributed by atoms with van der Waals surface area (Å²) < 4.78 is 21.2. The number of halogens is 1. The van der Waals surface area contributed by atoms with Gasteiger partial charge in [0.1, 0.15) is 0 Å². The number of hydrogen-bond acceptors (Lipinski definition) is 11. The minimum atomic E-state index is -1.08. The fourth-order valence-electron chi connectivity index (χ4n) is 5.20. The second-order valence-electron chi connectivity index (χ2n) is 10.5. The lowest BCUT2D eigenvalue weighted by atomic mass is 10.0. The van der Waals surface area contributed by atoms with E-state index in [-0.39, 0.29) is 18.1 Å². The number of nitrogens with one attached hydrogen (secondary N) is 2. The lowest BCUT2D eigenvalue weighted by molar-refractivity contribution is 0.0690. The van der Waals surface area contributed by atoms with E-state index in [2.05, 4.69) is 30.8 Å². The molecule has 0 unspecified atom stereocenters. The van der Waals surface area contributed by atoms with E-state index in [9.17, 15) is 14.3 Å². The van der Waals surface area contributed by atoms with Crippen LogP contribution in [0.4, 0.5) is 26.3 Å². The molecule has 44 heavy (non-hydrogen) atoms. The highest BCUT2D eigenvalue weighted by molar-refractivity contribution is 7.22. The highest BCUT2D eigenvalue weighted by Gasteiger charge is 2.28. The largest absolute Gasteiger partial charge is 0.491 e. The second kappa shape index (κ2) is 13.2. The normalized spacial score (nSPS) is 12.8. The summed E-state index contributed by atoms with van der Waals surface area (Å²) in [5.41, 5.74) is 3.88. The number of ether oxygens (including phenoxy) is 1. The van der Waals surface area contributed by atoms with Gasteiger partial charge in [-0.2, -0.15) is 0 Å². The number of nitrogens with zero attached hydrogens (tertiary/aromatic N) is 5. The average Bonchev–Trinajstić information content (AvgIpc) is 3.64. The van der Waals surface area contributed by atoms with Gasteiger partial charge >= 0.3 is 5.97 Å². The number of hydrogen-bond donors (Lipinski definition) is 3. The van der Waals surface area contributed by atoms with Gasteiger partial charge in [-0.05, 0) is 82.4 Å². The number of aromatic nitrogens is 4. The Morgan fingerprint density at radius 3 is 2.80 bits per heavy atom. The van der Waals surface area contributed by atoms with Crippen molar-refractivity contribution in [2.24, 2.45) is 0 Å². The van der Waals surface area contributed by atoms with Crippen molar-refractivity contribution >= 4 is 60.8 Å². The van der Waals surface area contributed by atoms with Crippen LogP contribution >= 0.6 is 22.7 Å². The van der Waals surface area contributed by atoms with E-state index in [4.69, 9.17) is 4.74 Å². The number of carbonyl (C=O) groups is 1. The Bertz CT molecular complexity index is 1780. The molecule has 0 aliphatic carbocycles. The van der Waals surface area contributed by atoms with E-state index >= 15 is 0 Å². The molecule has 5 aromatic rings. The summed E-state index contributed by atoms with van der Waals surface area (Å²) >= 11 is 2.90. The number of carboxylic acids is 1. The molecule has 2 aromatic carbocycles. The Hall–Kier alpha value is -4.20. The van der Waals surface area contributed by atoms with Crippen LogP contribution < -0.4 is 20.3 Å². The van der Waals surface area contributed by atoms with E-state index < -0.39 is 11.8 Å². The minimum Gasteiger partial charge on any atom is -0.491 e. The maximum atomic E-state index is 14.5. The van der Waals surface area contributed by atoms with Gasteiger partial charge in [0.15, 0.2) is 39.2 Å². The van der Waals surface area contributed by atoms with Crippen LogP contribution in [0.15, 0.2) is 42.5 Å². The van der Waals surface area contributed by atoms with Crippen LogP contribution in [0.25, 0.3) is 10.2 Å². The van der Waals surface area contributed by atoms with Gasteiger partial charge in [-0.3, -0.25) is 0 Å². The lowest BCUT2D eigenvalue weighted by Crippen LogP contribution is -2.27. The third-order valence-electron chi connectivity index (χ3n) is 7.49. The summed E-state index contributed by atoms with van der Waals surface area (Å²) in [6.45, 7) is 3.69. The van der Waals surface area contributed by atoms with Crippen molar-refractivity contribution in [1.82, 2.24) is 25.5 Å². The molecule has 0 atom stereocenters. The SMILES string of the molecule is CNCCc1ccc(OCCCc2sc(N3CCCc4c3nnc(Nc3nc5ccccc5s3)c4C)nc2C(=O)O)c(F)c1. The van der Waals surface area contributed by atoms with Crippen molar-refractivity contribution in [3.05, 3.63) is 75.5 Å². The van der Waals surface area contributed by atoms with E-state index in [1.165, 1.54) is 17.4 Å². The van der Waals surface area contributed by atoms with E-state index in [0.29, 0.717) is 41.0 Å². The van der Waals surface area contributed by atoms with Crippen LogP contribution in [0.1, 0.15) is 44.9 Å². The number of aromatic carboxylic acids is 1. The first-order valence-corrected chi connectivity index (χ1v) is 16.1. The molecule has 6 rings (SSSR count). The van der Waals surface area contributed by atoms with Crippen molar-refractivity contribution in [2.75, 3.05) is 37.0 Å². The number of thiazole rings is 2. The molecule has 4 heterocycles. The summed E-state index contributed by atoms with van der Waals surface area (Å²) in [5.74, 6) is 0.0556. The quantitative estimate of drug-likeness (QED) is 0.135. The summed E-state index contributed by atoms with van der Waals surface area (Å²) in [7, 11) is 1.86. The topological polar surface area (TPSA) is 125 Å². The maximum absolute atomic E-state index is 14.5. The number of rotatable bonds is 12. The molecule has 0 amide bonds. The molecule has 3 aromatic heterocycles. The van der Waals surface area contributed by atoms with E-state index in [1.807, 2.05) is 49.2 Å². The predicted octanol–water partition coefficient (Wildman–Crippen LogP) is 6.29. The summed E-state index contributed by atoms with van der Waals surface area (Å²) in [6.07, 6.45) is 3.38. The smallest absolute Gasteiger partial charge is 0.355 e. The van der Waals surface area contributed by atoms with Crippen LogP contribution in [0.3, 0.4) is 0 Å². The van der Waals surface area contributed by atoms with Crippen LogP contribution in [0.2, 0.25) is 0 Å². The zero-order chi connectivity index (χ0) is 30.6. The molecule has 1 aliphatic heterocycles. The van der Waals surface area contributed by atoms with Crippen molar-refractivity contribution in [3.8, 4) is 5.75 Å². The number of para-hydroxylation sites is 1. The molecule has 13 heteroatoms.